The first-order valence-electron chi connectivity index (χ1n) is 5.54. The van der Waals surface area contributed by atoms with Gasteiger partial charge in [0.2, 0.25) is 0 Å². The molecule has 2 rings (SSSR count). The van der Waals surface area contributed by atoms with E-state index in [1.807, 2.05) is 13.0 Å². The lowest BCUT2D eigenvalue weighted by atomic mass is 10.00. The number of amides is 1. The summed E-state index contributed by atoms with van der Waals surface area (Å²) in [5, 5.41) is 2.83. The lowest BCUT2D eigenvalue weighted by Crippen LogP contribution is -2.26. The van der Waals surface area contributed by atoms with Crippen LogP contribution in [0.3, 0.4) is 0 Å². The third-order valence-electron chi connectivity index (χ3n) is 2.88. The van der Waals surface area contributed by atoms with E-state index in [9.17, 15) is 4.79 Å². The molecule has 0 saturated carbocycles. The van der Waals surface area contributed by atoms with Crippen molar-refractivity contribution in [1.29, 1.82) is 0 Å². The molecule has 16 heavy (non-hydrogen) atoms. The summed E-state index contributed by atoms with van der Waals surface area (Å²) in [6.07, 6.45) is 1.65. The Morgan fingerprint density at radius 1 is 1.44 bits per heavy atom. The Balaban J connectivity index is 2.60. The molecular weight excluding hydrogens is 204 g/mol. The van der Waals surface area contributed by atoms with E-state index < -0.39 is 0 Å². The maximum absolute atomic E-state index is 11.3. The normalized spacial score (nSPS) is 14.0. The van der Waals surface area contributed by atoms with Gasteiger partial charge in [-0.15, -0.1) is 0 Å². The molecule has 1 aliphatic rings. The van der Waals surface area contributed by atoms with E-state index in [-0.39, 0.29) is 12.5 Å². The van der Waals surface area contributed by atoms with Crippen molar-refractivity contribution in [2.45, 2.75) is 26.7 Å². The molecule has 1 aromatic rings. The molecule has 0 radical (unpaired) electrons. The number of rotatable bonds is 2. The zero-order valence-corrected chi connectivity index (χ0v) is 9.59. The van der Waals surface area contributed by atoms with E-state index in [1.165, 1.54) is 0 Å². The number of carbonyl (C=O) groups excluding carboxylic acids is 1. The van der Waals surface area contributed by atoms with Crippen LogP contribution >= 0.6 is 0 Å². The molecule has 0 atom stereocenters. The van der Waals surface area contributed by atoms with Gasteiger partial charge in [0.05, 0.1) is 5.69 Å². The summed E-state index contributed by atoms with van der Waals surface area (Å²) in [7, 11) is 0. The smallest absolute Gasteiger partial charge is 0.262 e. The number of aryl methyl sites for hydroxylation is 1. The van der Waals surface area contributed by atoms with E-state index in [2.05, 4.69) is 12.2 Å². The molecule has 0 bridgehead atoms. The summed E-state index contributed by atoms with van der Waals surface area (Å²) in [5.41, 5.74) is 9.63. The molecule has 3 N–H and O–H groups in total. The van der Waals surface area contributed by atoms with Gasteiger partial charge in [0.15, 0.2) is 6.61 Å². The Morgan fingerprint density at radius 2 is 2.19 bits per heavy atom. The largest absolute Gasteiger partial charge is 0.482 e. The molecule has 86 valence electrons. The van der Waals surface area contributed by atoms with Crippen molar-refractivity contribution in [3.05, 3.63) is 17.2 Å². The number of ether oxygens (including phenoxy) is 1. The highest BCUT2D eigenvalue weighted by Gasteiger charge is 2.21. The average molecular weight is 220 g/mol. The topological polar surface area (TPSA) is 64.3 Å². The Hall–Kier alpha value is -1.71. The van der Waals surface area contributed by atoms with Crippen LogP contribution in [0, 0.1) is 0 Å². The van der Waals surface area contributed by atoms with Crippen molar-refractivity contribution in [1.82, 2.24) is 0 Å². The van der Waals surface area contributed by atoms with Crippen molar-refractivity contribution in [3.63, 3.8) is 0 Å². The fourth-order valence-electron chi connectivity index (χ4n) is 2.01. The first kappa shape index (κ1) is 10.8. The van der Waals surface area contributed by atoms with E-state index in [4.69, 9.17) is 10.5 Å². The zero-order valence-electron chi connectivity index (χ0n) is 9.59. The quantitative estimate of drug-likeness (QED) is 0.746. The van der Waals surface area contributed by atoms with Crippen LogP contribution in [-0.4, -0.2) is 12.5 Å². The van der Waals surface area contributed by atoms with Gasteiger partial charge < -0.3 is 15.8 Å². The number of anilines is 2. The molecule has 1 aromatic carbocycles. The lowest BCUT2D eigenvalue weighted by Gasteiger charge is -2.23. The molecular formula is C12H16N2O2. The molecule has 0 unspecified atom stereocenters. The van der Waals surface area contributed by atoms with Gasteiger partial charge in [0.1, 0.15) is 5.75 Å². The molecule has 0 fully saturated rings. The molecule has 0 spiro atoms. The highest BCUT2D eigenvalue weighted by Crippen LogP contribution is 2.37. The van der Waals surface area contributed by atoms with Crippen molar-refractivity contribution in [2.75, 3.05) is 17.7 Å². The molecule has 1 heterocycles. The number of nitrogens with two attached hydrogens (primary N) is 1. The molecule has 4 nitrogen and oxygen atoms in total. The Labute approximate surface area is 94.8 Å². The Kier molecular flexibility index (Phi) is 2.73. The maximum Gasteiger partial charge on any atom is 0.262 e. The van der Waals surface area contributed by atoms with E-state index >= 15 is 0 Å². The van der Waals surface area contributed by atoms with Crippen LogP contribution in [0.25, 0.3) is 0 Å². The van der Waals surface area contributed by atoms with Crippen molar-refractivity contribution in [3.8, 4) is 5.75 Å². The lowest BCUT2D eigenvalue weighted by molar-refractivity contribution is -0.118. The van der Waals surface area contributed by atoms with Crippen LogP contribution in [0.2, 0.25) is 0 Å². The van der Waals surface area contributed by atoms with Crippen LogP contribution in [-0.2, 0) is 17.6 Å². The molecule has 0 aromatic heterocycles. The second-order valence-electron chi connectivity index (χ2n) is 3.85. The number of hydrogen-bond donors (Lipinski definition) is 2. The van der Waals surface area contributed by atoms with Gasteiger partial charge >= 0.3 is 0 Å². The first-order chi connectivity index (χ1) is 7.67. The second kappa shape index (κ2) is 4.04. The van der Waals surface area contributed by atoms with E-state index in [1.54, 1.807) is 0 Å². The summed E-state index contributed by atoms with van der Waals surface area (Å²) in [6.45, 7) is 4.16. The molecule has 4 heteroatoms. The number of nitrogen functional groups attached to an aromatic ring is 1. The summed E-state index contributed by atoms with van der Waals surface area (Å²) in [4.78, 5) is 11.3. The highest BCUT2D eigenvalue weighted by molar-refractivity contribution is 5.97. The molecule has 0 saturated heterocycles. The van der Waals surface area contributed by atoms with Crippen LogP contribution in [0.5, 0.6) is 5.75 Å². The average Bonchev–Trinajstić information content (AvgIpc) is 2.28. The minimum absolute atomic E-state index is 0.0865. The van der Waals surface area contributed by atoms with Gasteiger partial charge in [-0.05, 0) is 24.5 Å². The zero-order chi connectivity index (χ0) is 11.7. The number of benzene rings is 1. The van der Waals surface area contributed by atoms with E-state index in [0.717, 1.165) is 41.1 Å². The molecule has 0 aliphatic carbocycles. The second-order valence-corrected chi connectivity index (χ2v) is 3.85. The monoisotopic (exact) mass is 220 g/mol. The summed E-state index contributed by atoms with van der Waals surface area (Å²) < 4.78 is 5.41. The van der Waals surface area contributed by atoms with Crippen LogP contribution in [0.1, 0.15) is 25.0 Å². The summed E-state index contributed by atoms with van der Waals surface area (Å²) >= 11 is 0. The highest BCUT2D eigenvalue weighted by atomic mass is 16.5. The van der Waals surface area contributed by atoms with Gasteiger partial charge in [-0.1, -0.05) is 13.8 Å². The maximum atomic E-state index is 11.3. The van der Waals surface area contributed by atoms with Crippen LogP contribution < -0.4 is 15.8 Å². The van der Waals surface area contributed by atoms with Gasteiger partial charge in [0.25, 0.3) is 5.91 Å². The van der Waals surface area contributed by atoms with Crippen molar-refractivity contribution >= 4 is 17.3 Å². The minimum atomic E-state index is -0.120. The van der Waals surface area contributed by atoms with Gasteiger partial charge in [-0.3, -0.25) is 4.79 Å². The first-order valence-corrected chi connectivity index (χ1v) is 5.54. The number of hydrogen-bond acceptors (Lipinski definition) is 3. The number of fused-ring (bicyclic) bond motifs is 1. The van der Waals surface area contributed by atoms with Gasteiger partial charge in [0, 0.05) is 11.3 Å². The standard InChI is InChI=1S/C12H16N2O2/c1-3-7-5-9-12(8(4-2)11(7)13)14-10(15)6-16-9/h5H,3-4,6,13H2,1-2H3,(H,14,15). The predicted molar refractivity (Wildman–Crippen MR) is 63.7 cm³/mol. The summed E-state index contributed by atoms with van der Waals surface area (Å²) in [5.74, 6) is 0.619. The fourth-order valence-corrected chi connectivity index (χ4v) is 2.01. The molecule has 1 aliphatic heterocycles. The predicted octanol–water partition coefficient (Wildman–Crippen LogP) is 1.72. The number of carbonyl (C=O) groups is 1. The fraction of sp³-hybridized carbons (Fsp3) is 0.417. The third-order valence-corrected chi connectivity index (χ3v) is 2.88. The Bertz CT molecular complexity index is 441. The molecule has 1 amide bonds. The van der Waals surface area contributed by atoms with Crippen molar-refractivity contribution < 1.29 is 9.53 Å². The van der Waals surface area contributed by atoms with Gasteiger partial charge in [-0.25, -0.2) is 0 Å². The van der Waals surface area contributed by atoms with E-state index in [0.29, 0.717) is 0 Å². The van der Waals surface area contributed by atoms with Crippen LogP contribution in [0.15, 0.2) is 6.07 Å². The van der Waals surface area contributed by atoms with Crippen molar-refractivity contribution in [2.24, 2.45) is 0 Å². The van der Waals surface area contributed by atoms with Crippen LogP contribution in [0.4, 0.5) is 11.4 Å². The third kappa shape index (κ3) is 1.60. The SMILES string of the molecule is CCc1cc2c(c(CC)c1N)NC(=O)CO2. The Morgan fingerprint density at radius 3 is 2.81 bits per heavy atom. The van der Waals surface area contributed by atoms with Gasteiger partial charge in [-0.2, -0.15) is 0 Å². The number of nitrogens with one attached hydrogen (secondary N) is 1. The minimum Gasteiger partial charge on any atom is -0.482 e. The summed E-state index contributed by atoms with van der Waals surface area (Å²) in [6, 6.07) is 1.92.